The maximum Gasteiger partial charge on any atom is 0.472 e. The van der Waals surface area contributed by atoms with Gasteiger partial charge in [-0.05, 0) is 37.5 Å². The molecule has 0 rings (SSSR count). The predicted octanol–water partition coefficient (Wildman–Crippen LogP) is 22.7. The van der Waals surface area contributed by atoms with Crippen LogP contribution in [0.1, 0.15) is 401 Å². The van der Waals surface area contributed by atoms with E-state index in [1.807, 2.05) is 0 Å². The van der Waals surface area contributed by atoms with E-state index < -0.39 is 97.5 Å². The molecule has 570 valence electrons. The lowest BCUT2D eigenvalue weighted by atomic mass is 9.99. The zero-order chi connectivity index (χ0) is 70.7. The number of carbonyl (C=O) groups excluding carboxylic acids is 4. The van der Waals surface area contributed by atoms with E-state index in [1.54, 1.807) is 0 Å². The van der Waals surface area contributed by atoms with Crippen LogP contribution in [0.3, 0.4) is 0 Å². The molecule has 0 aliphatic carbocycles. The van der Waals surface area contributed by atoms with Gasteiger partial charge in [0.15, 0.2) is 12.2 Å². The van der Waals surface area contributed by atoms with Crippen molar-refractivity contribution < 1.29 is 80.2 Å². The minimum Gasteiger partial charge on any atom is -0.462 e. The second-order valence-electron chi connectivity index (χ2n) is 28.5. The number of hydrogen-bond acceptors (Lipinski definition) is 15. The molecule has 0 fully saturated rings. The lowest BCUT2D eigenvalue weighted by Gasteiger charge is -2.21. The van der Waals surface area contributed by atoms with Gasteiger partial charge in [0.05, 0.1) is 26.4 Å². The topological polar surface area (TPSA) is 237 Å². The van der Waals surface area contributed by atoms with Crippen molar-refractivity contribution in [3.63, 3.8) is 0 Å². The van der Waals surface area contributed by atoms with Crippen LogP contribution in [0.25, 0.3) is 0 Å². The van der Waals surface area contributed by atoms with Crippen molar-refractivity contribution in [2.45, 2.75) is 419 Å². The maximum absolute atomic E-state index is 13.1. The molecule has 19 heteroatoms. The van der Waals surface area contributed by atoms with Crippen molar-refractivity contribution in [3.05, 3.63) is 0 Å². The van der Waals surface area contributed by atoms with E-state index in [2.05, 4.69) is 41.5 Å². The first-order valence-electron chi connectivity index (χ1n) is 40.0. The highest BCUT2D eigenvalue weighted by molar-refractivity contribution is 7.47. The number of phosphoric ester groups is 2. The molecule has 0 saturated heterocycles. The first kappa shape index (κ1) is 94.1. The largest absolute Gasteiger partial charge is 0.472 e. The third-order valence-corrected chi connectivity index (χ3v) is 20.2. The van der Waals surface area contributed by atoms with Crippen LogP contribution in [-0.4, -0.2) is 96.7 Å². The summed E-state index contributed by atoms with van der Waals surface area (Å²) in [6.07, 6.45) is 56.8. The van der Waals surface area contributed by atoms with Crippen molar-refractivity contribution >= 4 is 39.5 Å². The molecule has 0 aromatic heterocycles. The standard InChI is InChI=1S/C77H150O17P2/c1-7-10-12-14-16-18-20-21-22-23-24-25-26-27-32-36-43-49-55-61-76(81)93-72(65-88-75(80)60-54-48-42-35-31-29-28-30-33-39-45-51-57-69(4)5)67-91-95(83,84)89-63-71(78)64-90-96(85,86)92-68-73(66-87-74(79)59-53-47-41-34-19-17-15-13-11-8-2)94-77(82)62-56-50-44-38-37-40-46-52-58-70(6)9-3/h69-73,78H,7-68H2,1-6H3,(H,83,84)(H,85,86)/t70?,71-,72-,73-/m1/s1. The Hall–Kier alpha value is -1.94. The van der Waals surface area contributed by atoms with Crippen molar-refractivity contribution in [2.75, 3.05) is 39.6 Å². The van der Waals surface area contributed by atoms with Gasteiger partial charge in [0.2, 0.25) is 0 Å². The fraction of sp³-hybridized carbons (Fsp3) is 0.948. The van der Waals surface area contributed by atoms with Gasteiger partial charge in [-0.15, -0.1) is 0 Å². The molecule has 96 heavy (non-hydrogen) atoms. The van der Waals surface area contributed by atoms with E-state index >= 15 is 0 Å². The summed E-state index contributed by atoms with van der Waals surface area (Å²) in [6, 6.07) is 0. The summed E-state index contributed by atoms with van der Waals surface area (Å²) >= 11 is 0. The van der Waals surface area contributed by atoms with Crippen molar-refractivity contribution in [2.24, 2.45) is 11.8 Å². The Kier molecular flexibility index (Phi) is 67.4. The van der Waals surface area contributed by atoms with Crippen LogP contribution in [0.2, 0.25) is 0 Å². The summed E-state index contributed by atoms with van der Waals surface area (Å²) in [5.41, 5.74) is 0. The van der Waals surface area contributed by atoms with Crippen molar-refractivity contribution in [3.8, 4) is 0 Å². The number of unbranched alkanes of at least 4 members (excludes halogenated alkanes) is 45. The Morgan fingerprint density at radius 2 is 0.531 bits per heavy atom. The zero-order valence-corrected chi connectivity index (χ0v) is 64.5. The van der Waals surface area contributed by atoms with Crippen LogP contribution in [-0.2, 0) is 65.4 Å². The molecule has 0 aliphatic heterocycles. The normalized spacial score (nSPS) is 14.3. The zero-order valence-electron chi connectivity index (χ0n) is 62.7. The predicted molar refractivity (Wildman–Crippen MR) is 391 cm³/mol. The highest BCUT2D eigenvalue weighted by atomic mass is 31.2. The first-order chi connectivity index (χ1) is 46.4. The van der Waals surface area contributed by atoms with Gasteiger partial charge in [-0.2, -0.15) is 0 Å². The van der Waals surface area contributed by atoms with E-state index in [-0.39, 0.29) is 25.7 Å². The molecule has 0 radical (unpaired) electrons. The van der Waals surface area contributed by atoms with E-state index in [0.29, 0.717) is 25.7 Å². The molecule has 0 aromatic rings. The molecule has 0 heterocycles. The van der Waals surface area contributed by atoms with Gasteiger partial charge in [-0.3, -0.25) is 37.3 Å². The molecule has 0 aromatic carbocycles. The number of ether oxygens (including phenoxy) is 4. The van der Waals surface area contributed by atoms with Gasteiger partial charge in [-0.1, -0.05) is 350 Å². The minimum atomic E-state index is -4.96. The van der Waals surface area contributed by atoms with Gasteiger partial charge >= 0.3 is 39.5 Å². The molecule has 3 N–H and O–H groups in total. The Balaban J connectivity index is 5.23. The van der Waals surface area contributed by atoms with Gasteiger partial charge in [0.1, 0.15) is 19.3 Å². The SMILES string of the molecule is CCCCCCCCCCCCCCCCCCCCCC(=O)O[C@H](COC(=O)CCCCCCCCCCCCCCC(C)C)COP(=O)(O)OC[C@@H](O)COP(=O)(O)OC[C@@H](COC(=O)CCCCCCCCCCCC)OC(=O)CCCCCCCCCCC(C)CC. The van der Waals surface area contributed by atoms with Crippen LogP contribution >= 0.6 is 15.6 Å². The number of esters is 4. The Morgan fingerprint density at radius 3 is 0.792 bits per heavy atom. The summed E-state index contributed by atoms with van der Waals surface area (Å²) < 4.78 is 68.6. The number of carbonyl (C=O) groups is 4. The number of phosphoric acid groups is 2. The number of aliphatic hydroxyl groups excluding tert-OH is 1. The molecule has 0 saturated carbocycles. The maximum atomic E-state index is 13.1. The molecule has 0 amide bonds. The van der Waals surface area contributed by atoms with E-state index in [4.69, 9.17) is 37.0 Å². The fourth-order valence-electron chi connectivity index (χ4n) is 11.8. The quantitative estimate of drug-likeness (QED) is 0.0222. The molecule has 17 nitrogen and oxygen atoms in total. The van der Waals surface area contributed by atoms with Crippen LogP contribution in [0.15, 0.2) is 0 Å². The van der Waals surface area contributed by atoms with Gasteiger partial charge in [0, 0.05) is 25.7 Å². The minimum absolute atomic E-state index is 0.105. The summed E-state index contributed by atoms with van der Waals surface area (Å²) in [5.74, 6) is -0.564. The molecular formula is C77H150O17P2. The number of rotatable bonds is 76. The van der Waals surface area contributed by atoms with Gasteiger partial charge in [-0.25, -0.2) is 9.13 Å². The smallest absolute Gasteiger partial charge is 0.462 e. The first-order valence-corrected chi connectivity index (χ1v) is 43.0. The average molecular weight is 1410 g/mol. The van der Waals surface area contributed by atoms with Crippen LogP contribution in [0.4, 0.5) is 0 Å². The number of aliphatic hydroxyl groups is 1. The Labute approximate surface area is 588 Å². The summed E-state index contributed by atoms with van der Waals surface area (Å²) in [6.45, 7) is 9.60. The lowest BCUT2D eigenvalue weighted by molar-refractivity contribution is -0.161. The van der Waals surface area contributed by atoms with E-state index in [0.717, 1.165) is 102 Å². The molecule has 3 unspecified atom stereocenters. The molecular weight excluding hydrogens is 1260 g/mol. The highest BCUT2D eigenvalue weighted by Crippen LogP contribution is 2.45. The summed E-state index contributed by atoms with van der Waals surface area (Å²) in [7, 11) is -9.91. The third-order valence-electron chi connectivity index (χ3n) is 18.3. The van der Waals surface area contributed by atoms with Crippen molar-refractivity contribution in [1.82, 2.24) is 0 Å². The van der Waals surface area contributed by atoms with Crippen LogP contribution in [0.5, 0.6) is 0 Å². The molecule has 6 atom stereocenters. The Bertz CT molecular complexity index is 1860. The average Bonchev–Trinajstić information content (AvgIpc) is 1.23. The summed E-state index contributed by atoms with van der Waals surface area (Å²) in [4.78, 5) is 72.8. The van der Waals surface area contributed by atoms with Crippen molar-refractivity contribution in [1.29, 1.82) is 0 Å². The third kappa shape index (κ3) is 69.2. The highest BCUT2D eigenvalue weighted by Gasteiger charge is 2.30. The second kappa shape index (κ2) is 68.8. The van der Waals surface area contributed by atoms with Gasteiger partial charge < -0.3 is 33.8 Å². The van der Waals surface area contributed by atoms with E-state index in [9.17, 15) is 43.2 Å². The summed E-state index contributed by atoms with van der Waals surface area (Å²) in [5, 5.41) is 10.6. The number of hydrogen-bond donors (Lipinski definition) is 3. The molecule has 0 bridgehead atoms. The Morgan fingerprint density at radius 1 is 0.302 bits per heavy atom. The molecule has 0 aliphatic rings. The monoisotopic (exact) mass is 1410 g/mol. The van der Waals surface area contributed by atoms with Crippen LogP contribution in [0, 0.1) is 11.8 Å². The fourth-order valence-corrected chi connectivity index (χ4v) is 13.4. The van der Waals surface area contributed by atoms with E-state index in [1.165, 1.54) is 218 Å². The second-order valence-corrected chi connectivity index (χ2v) is 31.4. The lowest BCUT2D eigenvalue weighted by Crippen LogP contribution is -2.30. The molecule has 0 spiro atoms. The van der Waals surface area contributed by atoms with Gasteiger partial charge in [0.25, 0.3) is 0 Å². The van der Waals surface area contributed by atoms with Crippen LogP contribution < -0.4 is 0 Å².